The molecule has 3 aromatic rings. The van der Waals surface area contributed by atoms with Gasteiger partial charge in [-0.3, -0.25) is 9.69 Å². The van der Waals surface area contributed by atoms with Crippen LogP contribution < -0.4 is 0 Å². The molecule has 1 N–H and O–H groups in total. The van der Waals surface area contributed by atoms with E-state index in [4.69, 9.17) is 12.2 Å². The molecule has 0 aromatic heterocycles. The molecule has 0 saturated carbocycles. The topological polar surface area (TPSA) is 57.6 Å². The van der Waals surface area contributed by atoms with E-state index in [-0.39, 0.29) is 21.2 Å². The monoisotopic (exact) mass is 531 g/mol. The largest absolute Gasteiger partial charge is 0.480 e. The number of hydrogen-bond donors (Lipinski definition) is 1. The van der Waals surface area contributed by atoms with Gasteiger partial charge in [0.15, 0.2) is 0 Å². The summed E-state index contributed by atoms with van der Waals surface area (Å²) in [5.74, 6) is -3.07. The van der Waals surface area contributed by atoms with E-state index in [2.05, 4.69) is 0 Å². The Labute approximate surface area is 213 Å². The highest BCUT2D eigenvalue weighted by atomic mass is 32.2. The minimum Gasteiger partial charge on any atom is -0.480 e. The first kappa shape index (κ1) is 25.6. The standard InChI is InChI=1S/C26H17F4NO3S2/c27-20-11-10-18(14-19(20)26(28,29)30)17-8-6-16(7-9-17)13-22-23(32)31(25(35)36-22)21(24(33)34)12-15-4-2-1-3-5-15/h1-11,13-14,21H,12H2,(H,33,34)/b22-13-/t21-/m1/s1. The summed E-state index contributed by atoms with van der Waals surface area (Å²) in [7, 11) is 0. The summed E-state index contributed by atoms with van der Waals surface area (Å²) in [4.78, 5) is 26.3. The van der Waals surface area contributed by atoms with E-state index in [0.29, 0.717) is 11.1 Å². The molecule has 1 aliphatic heterocycles. The molecule has 0 spiro atoms. The quantitative estimate of drug-likeness (QED) is 0.226. The van der Waals surface area contributed by atoms with Gasteiger partial charge in [0.1, 0.15) is 16.2 Å². The maximum atomic E-state index is 13.6. The SMILES string of the molecule is O=C(O)[C@@H](Cc1ccccc1)N1C(=O)/C(=C/c2ccc(-c3ccc(F)c(C(F)(F)F)c3)cc2)SC1=S. The van der Waals surface area contributed by atoms with Gasteiger partial charge < -0.3 is 5.11 Å². The van der Waals surface area contributed by atoms with Gasteiger partial charge in [0.25, 0.3) is 5.91 Å². The number of halogens is 4. The lowest BCUT2D eigenvalue weighted by molar-refractivity contribution is -0.145. The van der Waals surface area contributed by atoms with Crippen molar-refractivity contribution in [3.8, 4) is 11.1 Å². The molecule has 3 aromatic carbocycles. The van der Waals surface area contributed by atoms with Gasteiger partial charge in [-0.1, -0.05) is 84.6 Å². The van der Waals surface area contributed by atoms with Gasteiger partial charge in [-0.2, -0.15) is 13.2 Å². The Morgan fingerprint density at radius 1 is 1.03 bits per heavy atom. The van der Waals surface area contributed by atoms with Crippen molar-refractivity contribution < 1.29 is 32.3 Å². The average molecular weight is 532 g/mol. The van der Waals surface area contributed by atoms with Crippen LogP contribution in [0.1, 0.15) is 16.7 Å². The Morgan fingerprint density at radius 3 is 2.28 bits per heavy atom. The molecule has 1 amide bonds. The van der Waals surface area contributed by atoms with E-state index in [1.54, 1.807) is 54.6 Å². The van der Waals surface area contributed by atoms with E-state index < -0.39 is 35.5 Å². The Kier molecular flexibility index (Phi) is 7.28. The number of hydrogen-bond acceptors (Lipinski definition) is 4. The maximum absolute atomic E-state index is 13.6. The molecular weight excluding hydrogens is 514 g/mol. The third-order valence-corrected chi connectivity index (χ3v) is 6.84. The number of nitrogens with zero attached hydrogens (tertiary/aromatic N) is 1. The second-order valence-electron chi connectivity index (χ2n) is 7.91. The molecule has 4 rings (SSSR count). The predicted octanol–water partition coefficient (Wildman–Crippen LogP) is 6.41. The summed E-state index contributed by atoms with van der Waals surface area (Å²) in [6, 6.07) is 16.8. The average Bonchev–Trinajstić information content (AvgIpc) is 3.10. The molecule has 1 heterocycles. The van der Waals surface area contributed by atoms with Gasteiger partial charge in [0.2, 0.25) is 0 Å². The second kappa shape index (κ2) is 10.2. The zero-order valence-electron chi connectivity index (χ0n) is 18.3. The molecule has 1 fully saturated rings. The smallest absolute Gasteiger partial charge is 0.419 e. The summed E-state index contributed by atoms with van der Waals surface area (Å²) < 4.78 is 52.8. The van der Waals surface area contributed by atoms with Crippen molar-refractivity contribution in [3.63, 3.8) is 0 Å². The fraction of sp³-hybridized carbons (Fsp3) is 0.115. The summed E-state index contributed by atoms with van der Waals surface area (Å²) in [6.45, 7) is 0. The van der Waals surface area contributed by atoms with Crippen LogP contribution in [-0.4, -0.2) is 32.2 Å². The summed E-state index contributed by atoms with van der Waals surface area (Å²) >= 11 is 6.28. The number of thiocarbonyl (C=S) groups is 1. The number of carbonyl (C=O) groups is 2. The van der Waals surface area contributed by atoms with Crippen LogP contribution >= 0.6 is 24.0 Å². The summed E-state index contributed by atoms with van der Waals surface area (Å²) in [5.41, 5.74) is 0.572. The van der Waals surface area contributed by atoms with Crippen LogP contribution in [0.15, 0.2) is 77.7 Å². The van der Waals surface area contributed by atoms with Crippen molar-refractivity contribution in [2.75, 3.05) is 0 Å². The van der Waals surface area contributed by atoms with Crippen molar-refractivity contribution in [2.24, 2.45) is 0 Å². The third-order valence-electron chi connectivity index (χ3n) is 5.51. The molecule has 0 bridgehead atoms. The van der Waals surface area contributed by atoms with Gasteiger partial charge in [-0.15, -0.1) is 0 Å². The molecule has 36 heavy (non-hydrogen) atoms. The molecule has 4 nitrogen and oxygen atoms in total. The zero-order valence-corrected chi connectivity index (χ0v) is 20.0. The highest BCUT2D eigenvalue weighted by molar-refractivity contribution is 8.26. The van der Waals surface area contributed by atoms with Crippen LogP contribution in [0.5, 0.6) is 0 Å². The number of carbonyl (C=O) groups excluding carboxylic acids is 1. The highest BCUT2D eigenvalue weighted by Crippen LogP contribution is 2.36. The Hall–Kier alpha value is -3.50. The second-order valence-corrected chi connectivity index (χ2v) is 9.59. The van der Waals surface area contributed by atoms with Crippen LogP contribution in [0.4, 0.5) is 17.6 Å². The lowest BCUT2D eigenvalue weighted by Crippen LogP contribution is -2.45. The molecule has 0 aliphatic carbocycles. The fourth-order valence-electron chi connectivity index (χ4n) is 3.72. The van der Waals surface area contributed by atoms with Crippen LogP contribution in [0, 0.1) is 5.82 Å². The first-order valence-corrected chi connectivity index (χ1v) is 11.8. The summed E-state index contributed by atoms with van der Waals surface area (Å²) in [5, 5.41) is 9.76. The van der Waals surface area contributed by atoms with Crippen LogP contribution in [0.25, 0.3) is 17.2 Å². The predicted molar refractivity (Wildman–Crippen MR) is 133 cm³/mol. The molecule has 0 unspecified atom stereocenters. The summed E-state index contributed by atoms with van der Waals surface area (Å²) in [6.07, 6.45) is -3.19. The van der Waals surface area contributed by atoms with Crippen molar-refractivity contribution in [1.29, 1.82) is 0 Å². The number of aliphatic carboxylic acids is 1. The molecule has 1 atom stereocenters. The number of rotatable bonds is 6. The van der Waals surface area contributed by atoms with E-state index in [1.165, 1.54) is 12.1 Å². The van der Waals surface area contributed by atoms with Gasteiger partial charge >= 0.3 is 12.1 Å². The van der Waals surface area contributed by atoms with Gasteiger partial charge in [-0.25, -0.2) is 9.18 Å². The normalized spacial score (nSPS) is 16.0. The highest BCUT2D eigenvalue weighted by Gasteiger charge is 2.40. The number of amides is 1. The Bertz CT molecular complexity index is 1360. The van der Waals surface area contributed by atoms with Gasteiger partial charge in [-0.05, 0) is 40.5 Å². The van der Waals surface area contributed by atoms with E-state index in [0.717, 1.165) is 34.4 Å². The number of benzene rings is 3. The van der Waals surface area contributed by atoms with E-state index >= 15 is 0 Å². The van der Waals surface area contributed by atoms with Crippen LogP contribution in [0.3, 0.4) is 0 Å². The number of carboxylic acid groups (broad SMARTS) is 1. The van der Waals surface area contributed by atoms with Gasteiger partial charge in [0.05, 0.1) is 10.5 Å². The molecule has 1 saturated heterocycles. The van der Waals surface area contributed by atoms with Crippen LogP contribution in [-0.2, 0) is 22.2 Å². The number of alkyl halides is 3. The van der Waals surface area contributed by atoms with Crippen molar-refractivity contribution in [2.45, 2.75) is 18.6 Å². The number of thioether (sulfide) groups is 1. The van der Waals surface area contributed by atoms with E-state index in [9.17, 15) is 32.3 Å². The molecule has 1 aliphatic rings. The fourth-order valence-corrected chi connectivity index (χ4v) is 5.08. The zero-order chi connectivity index (χ0) is 26.0. The van der Waals surface area contributed by atoms with Crippen LogP contribution in [0.2, 0.25) is 0 Å². The molecular formula is C26H17F4NO3S2. The lowest BCUT2D eigenvalue weighted by Gasteiger charge is -2.23. The maximum Gasteiger partial charge on any atom is 0.419 e. The first-order valence-electron chi connectivity index (χ1n) is 10.6. The minimum atomic E-state index is -4.82. The molecule has 184 valence electrons. The van der Waals surface area contributed by atoms with Crippen molar-refractivity contribution in [3.05, 3.63) is 100 Å². The number of carboxylic acids is 1. The minimum absolute atomic E-state index is 0.0855. The van der Waals surface area contributed by atoms with E-state index in [1.807, 2.05) is 0 Å². The van der Waals surface area contributed by atoms with Crippen molar-refractivity contribution >= 4 is 46.3 Å². The molecule has 10 heteroatoms. The first-order chi connectivity index (χ1) is 17.0. The Morgan fingerprint density at radius 2 is 1.67 bits per heavy atom. The van der Waals surface area contributed by atoms with Gasteiger partial charge in [0, 0.05) is 6.42 Å². The Balaban J connectivity index is 1.56. The lowest BCUT2D eigenvalue weighted by atomic mass is 10.0. The third kappa shape index (κ3) is 5.50. The molecule has 0 radical (unpaired) electrons. The van der Waals surface area contributed by atoms with Crippen molar-refractivity contribution in [1.82, 2.24) is 4.90 Å².